The maximum absolute atomic E-state index is 10.3. The van der Waals surface area contributed by atoms with Crippen LogP contribution in [0.3, 0.4) is 0 Å². The second-order valence-corrected chi connectivity index (χ2v) is 5.91. The van der Waals surface area contributed by atoms with Gasteiger partial charge in [-0.3, -0.25) is 0 Å². The molecule has 1 heteroatoms. The zero-order valence-corrected chi connectivity index (χ0v) is 12.4. The Kier molecular flexibility index (Phi) is 3.19. The number of rotatable bonds is 3. The van der Waals surface area contributed by atoms with Crippen LogP contribution in [-0.4, -0.2) is 5.11 Å². The normalized spacial score (nSPS) is 12.0. The van der Waals surface area contributed by atoms with Crippen LogP contribution < -0.4 is 0 Å². The van der Waals surface area contributed by atoms with Gasteiger partial charge in [0.25, 0.3) is 0 Å². The Bertz CT molecular complexity index is 819. The topological polar surface area (TPSA) is 20.2 Å². The molecule has 0 saturated heterocycles. The highest BCUT2D eigenvalue weighted by molar-refractivity contribution is 5.79. The van der Waals surface area contributed by atoms with Gasteiger partial charge in [0.2, 0.25) is 0 Å². The Balaban J connectivity index is 1.69. The lowest BCUT2D eigenvalue weighted by Gasteiger charge is -2.11. The molecule has 4 rings (SSSR count). The Morgan fingerprint density at radius 1 is 0.727 bits per heavy atom. The molecule has 0 atom stereocenters. The van der Waals surface area contributed by atoms with Crippen molar-refractivity contribution in [1.82, 2.24) is 0 Å². The number of phenols is 1. The molecule has 1 aliphatic rings. The maximum Gasteiger partial charge on any atom is 0.119 e. The highest BCUT2D eigenvalue weighted by atomic mass is 16.3. The minimum absolute atomic E-state index is 0.433. The largest absolute Gasteiger partial charge is 0.508 e. The summed E-state index contributed by atoms with van der Waals surface area (Å²) < 4.78 is 0. The van der Waals surface area contributed by atoms with Crippen LogP contribution in [0.5, 0.6) is 5.75 Å². The van der Waals surface area contributed by atoms with Crippen molar-refractivity contribution in [2.24, 2.45) is 0 Å². The fourth-order valence-electron chi connectivity index (χ4n) is 3.46. The summed E-state index contributed by atoms with van der Waals surface area (Å²) in [6.07, 6.45) is 2.78. The van der Waals surface area contributed by atoms with Crippen LogP contribution in [0.15, 0.2) is 66.7 Å². The summed E-state index contributed by atoms with van der Waals surface area (Å²) >= 11 is 0. The van der Waals surface area contributed by atoms with Crippen molar-refractivity contribution < 1.29 is 5.11 Å². The van der Waals surface area contributed by atoms with Crippen molar-refractivity contribution in [3.8, 4) is 16.9 Å². The molecule has 0 saturated carbocycles. The van der Waals surface area contributed by atoms with Gasteiger partial charge in [-0.15, -0.1) is 0 Å². The zero-order valence-electron chi connectivity index (χ0n) is 12.4. The first kappa shape index (κ1) is 13.1. The van der Waals surface area contributed by atoms with Gasteiger partial charge in [0.1, 0.15) is 5.75 Å². The minimum Gasteiger partial charge on any atom is -0.508 e. The van der Waals surface area contributed by atoms with Gasteiger partial charge in [0, 0.05) is 0 Å². The van der Waals surface area contributed by atoms with Crippen molar-refractivity contribution in [2.75, 3.05) is 0 Å². The lowest BCUT2D eigenvalue weighted by atomic mass is 9.95. The van der Waals surface area contributed by atoms with Gasteiger partial charge >= 0.3 is 0 Å². The van der Waals surface area contributed by atoms with E-state index >= 15 is 0 Å². The van der Waals surface area contributed by atoms with Crippen LogP contribution in [0.1, 0.15) is 22.3 Å². The molecular weight excluding hydrogens is 268 g/mol. The molecule has 108 valence electrons. The van der Waals surface area contributed by atoms with Crippen LogP contribution in [0.2, 0.25) is 0 Å². The molecule has 0 aromatic heterocycles. The molecule has 0 aliphatic heterocycles. The fraction of sp³-hybridized carbons (Fsp3) is 0.143. The molecule has 1 N–H and O–H groups in total. The summed E-state index contributed by atoms with van der Waals surface area (Å²) in [4.78, 5) is 0. The second-order valence-electron chi connectivity index (χ2n) is 5.91. The lowest BCUT2D eigenvalue weighted by molar-refractivity contribution is 0.467. The van der Waals surface area contributed by atoms with Crippen molar-refractivity contribution in [1.29, 1.82) is 0 Å². The van der Waals surface area contributed by atoms with E-state index in [0.29, 0.717) is 5.75 Å². The van der Waals surface area contributed by atoms with Crippen molar-refractivity contribution in [2.45, 2.75) is 19.3 Å². The van der Waals surface area contributed by atoms with Crippen molar-refractivity contribution >= 4 is 0 Å². The molecule has 0 unspecified atom stereocenters. The van der Waals surface area contributed by atoms with Crippen LogP contribution in [0, 0.1) is 0 Å². The number of fused-ring (bicyclic) bond motifs is 3. The quantitative estimate of drug-likeness (QED) is 0.576. The predicted molar refractivity (Wildman–Crippen MR) is 90.2 cm³/mol. The number of aromatic hydroxyl groups is 1. The van der Waals surface area contributed by atoms with E-state index in [9.17, 15) is 5.11 Å². The van der Waals surface area contributed by atoms with E-state index in [2.05, 4.69) is 54.6 Å². The highest BCUT2D eigenvalue weighted by Crippen LogP contribution is 2.41. The molecule has 3 aromatic carbocycles. The van der Waals surface area contributed by atoms with Crippen molar-refractivity contribution in [3.05, 3.63) is 89.0 Å². The van der Waals surface area contributed by atoms with E-state index in [1.807, 2.05) is 12.1 Å². The van der Waals surface area contributed by atoms with Crippen LogP contribution >= 0.6 is 0 Å². The standard InChI is InChI=1S/C21H18O/c22-21-13-12-18-17-9-5-4-8-16(17)14-20(18)19(21)11-10-15-6-2-1-3-7-15/h1-9,12-13,22H,10-11,14H2. The third-order valence-corrected chi connectivity index (χ3v) is 4.59. The third-order valence-electron chi connectivity index (χ3n) is 4.59. The molecule has 1 aliphatic carbocycles. The fourth-order valence-corrected chi connectivity index (χ4v) is 3.46. The number of hydrogen-bond acceptors (Lipinski definition) is 1. The first-order valence-electron chi connectivity index (χ1n) is 7.79. The van der Waals surface area contributed by atoms with Crippen LogP contribution in [0.4, 0.5) is 0 Å². The molecular formula is C21H18O. The number of phenolic OH excluding ortho intramolecular Hbond substituents is 1. The number of aryl methyl sites for hydroxylation is 1. The van der Waals surface area contributed by atoms with Gasteiger partial charge in [-0.1, -0.05) is 60.7 Å². The first-order valence-corrected chi connectivity index (χ1v) is 7.79. The molecule has 0 heterocycles. The molecule has 0 spiro atoms. The molecule has 22 heavy (non-hydrogen) atoms. The second kappa shape index (κ2) is 5.34. The average Bonchev–Trinajstić information content (AvgIpc) is 2.93. The Morgan fingerprint density at radius 3 is 2.36 bits per heavy atom. The maximum atomic E-state index is 10.3. The monoisotopic (exact) mass is 286 g/mol. The smallest absolute Gasteiger partial charge is 0.119 e. The van der Waals surface area contributed by atoms with Crippen LogP contribution in [0.25, 0.3) is 11.1 Å². The molecule has 0 bridgehead atoms. The Labute approximate surface area is 130 Å². The van der Waals surface area contributed by atoms with Gasteiger partial charge in [-0.05, 0) is 58.7 Å². The van der Waals surface area contributed by atoms with E-state index in [-0.39, 0.29) is 0 Å². The molecule has 0 radical (unpaired) electrons. The van der Waals surface area contributed by atoms with Gasteiger partial charge < -0.3 is 5.11 Å². The first-order chi connectivity index (χ1) is 10.8. The summed E-state index contributed by atoms with van der Waals surface area (Å²) in [6, 6.07) is 22.9. The van der Waals surface area contributed by atoms with E-state index < -0.39 is 0 Å². The molecule has 0 fully saturated rings. The molecule has 1 nitrogen and oxygen atoms in total. The Morgan fingerprint density at radius 2 is 1.50 bits per heavy atom. The zero-order chi connectivity index (χ0) is 14.9. The van der Waals surface area contributed by atoms with Gasteiger partial charge in [-0.25, -0.2) is 0 Å². The summed E-state index contributed by atoms with van der Waals surface area (Å²) in [5, 5.41) is 10.3. The Hall–Kier alpha value is -2.54. The van der Waals surface area contributed by atoms with E-state index in [1.165, 1.54) is 27.8 Å². The lowest BCUT2D eigenvalue weighted by Crippen LogP contribution is -1.97. The summed E-state index contributed by atoms with van der Waals surface area (Å²) in [5.41, 5.74) is 7.70. The van der Waals surface area contributed by atoms with Gasteiger partial charge in [0.15, 0.2) is 0 Å². The summed E-state index contributed by atoms with van der Waals surface area (Å²) in [7, 11) is 0. The number of benzene rings is 3. The molecule has 0 amide bonds. The third kappa shape index (κ3) is 2.19. The van der Waals surface area contributed by atoms with E-state index in [4.69, 9.17) is 0 Å². The highest BCUT2D eigenvalue weighted by Gasteiger charge is 2.22. The van der Waals surface area contributed by atoms with Gasteiger partial charge in [0.05, 0.1) is 0 Å². The summed E-state index contributed by atoms with van der Waals surface area (Å²) in [6.45, 7) is 0. The van der Waals surface area contributed by atoms with Crippen molar-refractivity contribution in [3.63, 3.8) is 0 Å². The SMILES string of the molecule is Oc1ccc2c(c1CCc1ccccc1)Cc1ccccc1-2. The van der Waals surface area contributed by atoms with E-state index in [1.54, 1.807) is 0 Å². The average molecular weight is 286 g/mol. The van der Waals surface area contributed by atoms with Gasteiger partial charge in [-0.2, -0.15) is 0 Å². The summed E-state index contributed by atoms with van der Waals surface area (Å²) in [5.74, 6) is 0.433. The van der Waals surface area contributed by atoms with E-state index in [0.717, 1.165) is 24.8 Å². The minimum atomic E-state index is 0.433. The predicted octanol–water partition coefficient (Wildman–Crippen LogP) is 4.75. The van der Waals surface area contributed by atoms with Crippen LogP contribution in [-0.2, 0) is 19.3 Å². The molecule has 3 aromatic rings. The number of hydrogen-bond donors (Lipinski definition) is 1.